The molecule has 310 valence electrons. The number of hydrogen-bond acceptors (Lipinski definition) is 12. The van der Waals surface area contributed by atoms with Gasteiger partial charge in [0.05, 0.1) is 49.7 Å². The zero-order valence-electron chi connectivity index (χ0n) is 33.4. The van der Waals surface area contributed by atoms with Gasteiger partial charge in [0.2, 0.25) is 0 Å². The van der Waals surface area contributed by atoms with Crippen LogP contribution in [0.5, 0.6) is 0 Å². The van der Waals surface area contributed by atoms with Crippen molar-refractivity contribution in [1.29, 1.82) is 0 Å². The van der Waals surface area contributed by atoms with Crippen LogP contribution in [0.15, 0.2) is 85.2 Å². The Labute approximate surface area is 343 Å². The fourth-order valence-electron chi connectivity index (χ4n) is 6.84. The van der Waals surface area contributed by atoms with Crippen molar-refractivity contribution in [2.24, 2.45) is 0 Å². The second kappa shape index (κ2) is 18.1. The van der Waals surface area contributed by atoms with Crippen LogP contribution in [0.3, 0.4) is 0 Å². The molecule has 3 aliphatic rings. The molecule has 0 radical (unpaired) electrons. The minimum Gasteiger partial charge on any atom is -0.399 e. The highest BCUT2D eigenvalue weighted by molar-refractivity contribution is 6.62. The summed E-state index contributed by atoms with van der Waals surface area (Å²) in [5.74, 6) is 3.45. The lowest BCUT2D eigenvalue weighted by molar-refractivity contribution is 0.00578. The molecule has 0 bridgehead atoms. The molecule has 3 saturated heterocycles. The van der Waals surface area contributed by atoms with Gasteiger partial charge in [-0.15, -0.1) is 5.10 Å². The number of hydrogen-bond donors (Lipinski definition) is 2. The number of nitrogen functional groups attached to an aromatic ring is 2. The molecule has 7 heterocycles. The maximum atomic E-state index is 5.93. The molecule has 0 amide bonds. The number of nitrogens with two attached hydrogens (primary N) is 2. The van der Waals surface area contributed by atoms with Gasteiger partial charge in [-0.25, -0.2) is 19.0 Å². The van der Waals surface area contributed by atoms with Crippen LogP contribution in [0.25, 0.3) is 22.4 Å². The molecule has 0 aliphatic carbocycles. The van der Waals surface area contributed by atoms with Gasteiger partial charge in [-0.1, -0.05) is 27.0 Å². The summed E-state index contributed by atoms with van der Waals surface area (Å²) in [6.45, 7) is 19.1. The third kappa shape index (κ3) is 9.39. The fourth-order valence-corrected chi connectivity index (χ4v) is 6.84. The molecule has 2 aromatic carbocycles. The van der Waals surface area contributed by atoms with Gasteiger partial charge >= 0.3 is 7.12 Å². The normalized spacial score (nSPS) is 19.7. The van der Waals surface area contributed by atoms with E-state index in [1.165, 1.54) is 0 Å². The van der Waals surface area contributed by atoms with Crippen LogP contribution in [-0.4, -0.2) is 99.1 Å². The number of ether oxygens (including phenoxy) is 2. The van der Waals surface area contributed by atoms with Crippen LogP contribution < -0.4 is 26.7 Å². The Morgan fingerprint density at radius 3 is 1.62 bits per heavy atom. The minimum atomic E-state index is -0.300. The first-order valence-corrected chi connectivity index (χ1v) is 19.2. The summed E-state index contributed by atoms with van der Waals surface area (Å²) in [6.07, 6.45) is 3.91. The molecule has 4 N–H and O–H groups in total. The van der Waals surface area contributed by atoms with Crippen molar-refractivity contribution in [3.63, 3.8) is 0 Å². The van der Waals surface area contributed by atoms with Crippen molar-refractivity contribution in [2.45, 2.75) is 86.6 Å². The number of morpholine rings is 2. The topological polar surface area (TPSA) is 156 Å². The third-order valence-electron chi connectivity index (χ3n) is 10.8. The smallest absolute Gasteiger partial charge is 0.399 e. The molecule has 9 rings (SSSR count). The predicted molar refractivity (Wildman–Crippen MR) is 236 cm³/mol. The van der Waals surface area contributed by atoms with E-state index in [-0.39, 0.29) is 39.2 Å². The Hall–Kier alpha value is -5.22. The van der Waals surface area contributed by atoms with Gasteiger partial charge in [0, 0.05) is 42.4 Å². The Morgan fingerprint density at radius 1 is 0.655 bits per heavy atom. The highest BCUT2D eigenvalue weighted by atomic mass is 16.7. The Kier molecular flexibility index (Phi) is 13.7. The van der Waals surface area contributed by atoms with Crippen molar-refractivity contribution < 1.29 is 18.8 Å². The van der Waals surface area contributed by atoms with E-state index in [4.69, 9.17) is 35.2 Å². The van der Waals surface area contributed by atoms with Crippen molar-refractivity contribution >= 4 is 46.6 Å². The van der Waals surface area contributed by atoms with Crippen LogP contribution in [-0.2, 0) is 18.8 Å². The highest BCUT2D eigenvalue weighted by Gasteiger charge is 2.51. The standard InChI is InChI=1S/C17H19N5O.C12H18BNO2.C12H16N4O.2CH4/c1-12-11-23-10-9-21(12)17-15-3-2-8-22(15)20-16(19-17)13-4-6-14(18)7-5-13;1-11(2)12(3,4)16-13(15-11)9-5-7-10(14)8-6-9;1-9-8-17-7-6-15(9)12-11-4-3-5-16(11)14-10(2)13-12;;/h2-8,12H,9-11,18H2,1H3;5-8H,14H2,1-4H3;3-5,9H,6-8H2,1-2H3;2*1H4/t12-;;9-;;/m1.1../s1. The first-order valence-electron chi connectivity index (χ1n) is 19.2. The van der Waals surface area contributed by atoms with Gasteiger partial charge in [-0.3, -0.25) is 0 Å². The van der Waals surface area contributed by atoms with E-state index in [1.54, 1.807) is 0 Å². The number of benzene rings is 2. The Bertz CT molecular complexity index is 2230. The highest BCUT2D eigenvalue weighted by Crippen LogP contribution is 2.36. The van der Waals surface area contributed by atoms with Crippen molar-refractivity contribution in [1.82, 2.24) is 29.2 Å². The summed E-state index contributed by atoms with van der Waals surface area (Å²) < 4.78 is 26.6. The average molecular weight is 793 g/mol. The van der Waals surface area contributed by atoms with E-state index in [0.29, 0.717) is 18.5 Å². The number of anilines is 4. The number of aromatic nitrogens is 6. The van der Waals surface area contributed by atoms with Gasteiger partial charge in [0.15, 0.2) is 17.5 Å². The Balaban J connectivity index is 0.000000166. The third-order valence-corrected chi connectivity index (χ3v) is 10.8. The molecule has 0 spiro atoms. The second-order valence-electron chi connectivity index (χ2n) is 15.5. The van der Waals surface area contributed by atoms with Crippen LogP contribution in [0.2, 0.25) is 0 Å². The van der Waals surface area contributed by atoms with Crippen molar-refractivity contribution in [2.75, 3.05) is 60.8 Å². The van der Waals surface area contributed by atoms with Gasteiger partial charge < -0.3 is 40.0 Å². The average Bonchev–Trinajstić information content (AvgIpc) is 3.90. The zero-order chi connectivity index (χ0) is 39.6. The molecule has 0 saturated carbocycles. The first-order chi connectivity index (χ1) is 26.8. The molecule has 58 heavy (non-hydrogen) atoms. The van der Waals surface area contributed by atoms with Gasteiger partial charge in [-0.2, -0.15) is 5.10 Å². The van der Waals surface area contributed by atoms with Crippen LogP contribution in [0, 0.1) is 6.92 Å². The summed E-state index contributed by atoms with van der Waals surface area (Å²) in [6, 6.07) is 24.0. The van der Waals surface area contributed by atoms with Gasteiger partial charge in [0.25, 0.3) is 0 Å². The Morgan fingerprint density at radius 2 is 1.12 bits per heavy atom. The summed E-state index contributed by atoms with van der Waals surface area (Å²) in [4.78, 5) is 14.0. The maximum absolute atomic E-state index is 5.93. The van der Waals surface area contributed by atoms with Crippen LogP contribution >= 0.6 is 0 Å². The molecule has 2 atom stereocenters. The van der Waals surface area contributed by atoms with Gasteiger partial charge in [-0.05, 0) is 115 Å². The lowest BCUT2D eigenvalue weighted by Gasteiger charge is -2.34. The molecular weight excluding hydrogens is 731 g/mol. The number of aryl methyl sites for hydroxylation is 1. The summed E-state index contributed by atoms with van der Waals surface area (Å²) >= 11 is 0. The van der Waals surface area contributed by atoms with Crippen molar-refractivity contribution in [3.8, 4) is 11.4 Å². The number of rotatable bonds is 4. The molecule has 3 aliphatic heterocycles. The lowest BCUT2D eigenvalue weighted by atomic mass is 9.79. The molecule has 15 heteroatoms. The van der Waals surface area contributed by atoms with Crippen LogP contribution in [0.1, 0.15) is 62.2 Å². The summed E-state index contributed by atoms with van der Waals surface area (Å²) in [5, 5.41) is 8.99. The quantitative estimate of drug-likeness (QED) is 0.152. The zero-order valence-corrected chi connectivity index (χ0v) is 33.4. The molecular formula is C43H61BN10O4. The predicted octanol–water partition coefficient (Wildman–Crippen LogP) is 6.31. The monoisotopic (exact) mass is 792 g/mol. The maximum Gasteiger partial charge on any atom is 0.494 e. The lowest BCUT2D eigenvalue weighted by Crippen LogP contribution is -2.44. The van der Waals surface area contributed by atoms with E-state index in [1.807, 2.05) is 123 Å². The minimum absolute atomic E-state index is 0. The largest absolute Gasteiger partial charge is 0.494 e. The van der Waals surface area contributed by atoms with Gasteiger partial charge in [0.1, 0.15) is 16.9 Å². The summed E-state index contributed by atoms with van der Waals surface area (Å²) in [7, 11) is -0.300. The van der Waals surface area contributed by atoms with E-state index in [9.17, 15) is 0 Å². The second-order valence-corrected chi connectivity index (χ2v) is 15.5. The van der Waals surface area contributed by atoms with E-state index in [0.717, 1.165) is 83.8 Å². The fraction of sp³-hybridized carbons (Fsp3) is 0.442. The molecule has 0 unspecified atom stereocenters. The molecule has 3 fully saturated rings. The first kappa shape index (κ1) is 43.9. The van der Waals surface area contributed by atoms with Crippen molar-refractivity contribution in [3.05, 3.63) is 91.0 Å². The van der Waals surface area contributed by atoms with E-state index in [2.05, 4.69) is 44.9 Å². The number of fused-ring (bicyclic) bond motifs is 2. The molecule has 4 aromatic heterocycles. The number of nitrogens with zero attached hydrogens (tertiary/aromatic N) is 8. The SMILES string of the molecule is C.C.CC1(C)OB(c2ccc(N)cc2)OC1(C)C.C[C@@H]1COCCN1c1nc(-c2ccc(N)cc2)nn2cccc12.Cc1nc(N2CCOC[C@H]2C)c2cccn2n1. The summed E-state index contributed by atoms with van der Waals surface area (Å²) in [5.41, 5.74) is 16.4. The van der Waals surface area contributed by atoms with E-state index < -0.39 is 0 Å². The molecule has 6 aromatic rings. The van der Waals surface area contributed by atoms with Crippen LogP contribution in [0.4, 0.5) is 23.0 Å². The molecule has 14 nitrogen and oxygen atoms in total. The van der Waals surface area contributed by atoms with E-state index >= 15 is 0 Å².